The van der Waals surface area contributed by atoms with Crippen molar-refractivity contribution in [3.8, 4) is 0 Å². The minimum Gasteiger partial charge on any atom is -0.355 e. The zero-order valence-corrected chi connectivity index (χ0v) is 16.6. The van der Waals surface area contributed by atoms with Crippen molar-refractivity contribution in [2.75, 3.05) is 31.6 Å². The summed E-state index contributed by atoms with van der Waals surface area (Å²) in [5, 5.41) is 0. The van der Waals surface area contributed by atoms with Crippen LogP contribution in [0.25, 0.3) is 11.0 Å². The van der Waals surface area contributed by atoms with Gasteiger partial charge in [-0.3, -0.25) is 4.79 Å². The Labute approximate surface area is 156 Å². The molecule has 26 heavy (non-hydrogen) atoms. The van der Waals surface area contributed by atoms with E-state index in [-0.39, 0.29) is 11.3 Å². The second-order valence-corrected chi connectivity index (χ2v) is 8.49. The molecule has 0 bridgehead atoms. The lowest BCUT2D eigenvalue weighted by Gasteiger charge is -2.36. The summed E-state index contributed by atoms with van der Waals surface area (Å²) in [4.78, 5) is 26.2. The summed E-state index contributed by atoms with van der Waals surface area (Å²) in [7, 11) is 1.93. The van der Waals surface area contributed by atoms with Gasteiger partial charge in [-0.05, 0) is 37.8 Å². The molecule has 1 aromatic carbocycles. The van der Waals surface area contributed by atoms with E-state index in [2.05, 4.69) is 4.90 Å². The number of fused-ring (bicyclic) bond motifs is 1. The van der Waals surface area contributed by atoms with Gasteiger partial charge in [0.25, 0.3) is 0 Å². The molecular weight excluding hydrogens is 324 g/mol. The number of amides is 1. The standard InChI is InChI=1S/C21H30N4O/c1-15-19(23-18-9-7-6-8-17(18)22-15)25-12-10-16(11-13-25)14-24(5)20(26)21(2,3)4/h6-9,16H,10-14H2,1-5H3. The van der Waals surface area contributed by atoms with Gasteiger partial charge in [0.1, 0.15) is 0 Å². The summed E-state index contributed by atoms with van der Waals surface area (Å²) in [5.41, 5.74) is 2.58. The van der Waals surface area contributed by atoms with Gasteiger partial charge in [-0.25, -0.2) is 9.97 Å². The number of rotatable bonds is 3. The SMILES string of the molecule is Cc1nc2ccccc2nc1N1CCC(CN(C)C(=O)C(C)(C)C)CC1. The first-order valence-electron chi connectivity index (χ1n) is 9.49. The van der Waals surface area contributed by atoms with E-state index < -0.39 is 0 Å². The Morgan fingerprint density at radius 2 is 1.73 bits per heavy atom. The van der Waals surface area contributed by atoms with Crippen LogP contribution in [0.2, 0.25) is 0 Å². The number of anilines is 1. The molecule has 3 rings (SSSR count). The largest absolute Gasteiger partial charge is 0.355 e. The number of hydrogen-bond acceptors (Lipinski definition) is 4. The average molecular weight is 354 g/mol. The Bertz CT molecular complexity index is 788. The van der Waals surface area contributed by atoms with Crippen LogP contribution in [0, 0.1) is 18.3 Å². The van der Waals surface area contributed by atoms with Gasteiger partial charge in [0.05, 0.1) is 16.7 Å². The molecule has 0 aliphatic carbocycles. The number of piperidine rings is 1. The van der Waals surface area contributed by atoms with E-state index in [9.17, 15) is 4.79 Å². The lowest BCUT2D eigenvalue weighted by atomic mass is 9.92. The van der Waals surface area contributed by atoms with E-state index in [4.69, 9.17) is 9.97 Å². The fourth-order valence-corrected chi connectivity index (χ4v) is 3.75. The van der Waals surface area contributed by atoms with Gasteiger partial charge in [0.2, 0.25) is 5.91 Å². The maximum atomic E-state index is 12.4. The first kappa shape index (κ1) is 18.6. The second-order valence-electron chi connectivity index (χ2n) is 8.49. The lowest BCUT2D eigenvalue weighted by Crippen LogP contribution is -2.43. The van der Waals surface area contributed by atoms with Crippen LogP contribution >= 0.6 is 0 Å². The Morgan fingerprint density at radius 1 is 1.15 bits per heavy atom. The Balaban J connectivity index is 1.64. The molecule has 0 saturated carbocycles. The van der Waals surface area contributed by atoms with Crippen LogP contribution in [0.15, 0.2) is 24.3 Å². The molecule has 0 atom stereocenters. The molecule has 1 aliphatic heterocycles. The molecule has 5 nitrogen and oxygen atoms in total. The van der Waals surface area contributed by atoms with Crippen molar-refractivity contribution >= 4 is 22.8 Å². The van der Waals surface area contributed by atoms with Gasteiger partial charge in [-0.2, -0.15) is 0 Å². The van der Waals surface area contributed by atoms with Crippen molar-refractivity contribution in [3.05, 3.63) is 30.0 Å². The van der Waals surface area contributed by atoms with Gasteiger partial charge < -0.3 is 9.80 Å². The van der Waals surface area contributed by atoms with Crippen LogP contribution in [0.1, 0.15) is 39.3 Å². The molecule has 2 heterocycles. The molecule has 5 heteroatoms. The summed E-state index contributed by atoms with van der Waals surface area (Å²) in [5.74, 6) is 1.77. The van der Waals surface area contributed by atoms with E-state index in [0.29, 0.717) is 5.92 Å². The highest BCUT2D eigenvalue weighted by Gasteiger charge is 2.28. The number of carbonyl (C=O) groups is 1. The molecule has 1 aliphatic rings. The third-order valence-electron chi connectivity index (χ3n) is 5.15. The summed E-state index contributed by atoms with van der Waals surface area (Å²) in [6.45, 7) is 10.8. The molecule has 0 radical (unpaired) electrons. The van der Waals surface area contributed by atoms with Crippen LogP contribution in [-0.2, 0) is 4.79 Å². The van der Waals surface area contributed by atoms with E-state index >= 15 is 0 Å². The highest BCUT2D eigenvalue weighted by Crippen LogP contribution is 2.26. The molecule has 0 spiro atoms. The average Bonchev–Trinajstić information content (AvgIpc) is 2.60. The number of benzene rings is 1. The minimum atomic E-state index is -0.312. The number of para-hydroxylation sites is 2. The van der Waals surface area contributed by atoms with Gasteiger partial charge >= 0.3 is 0 Å². The van der Waals surface area contributed by atoms with Crippen LogP contribution in [0.4, 0.5) is 5.82 Å². The number of hydrogen-bond donors (Lipinski definition) is 0. The highest BCUT2D eigenvalue weighted by molar-refractivity contribution is 5.81. The number of aryl methyl sites for hydroxylation is 1. The van der Waals surface area contributed by atoms with Gasteiger partial charge in [-0.15, -0.1) is 0 Å². The topological polar surface area (TPSA) is 49.3 Å². The molecular formula is C21H30N4O. The Morgan fingerprint density at radius 3 is 2.31 bits per heavy atom. The normalized spacial score (nSPS) is 16.1. The quantitative estimate of drug-likeness (QED) is 0.844. The maximum absolute atomic E-state index is 12.4. The number of aromatic nitrogens is 2. The van der Waals surface area contributed by atoms with Crippen molar-refractivity contribution in [1.82, 2.24) is 14.9 Å². The molecule has 1 fully saturated rings. The predicted octanol–water partition coefficient (Wildman–Crippen LogP) is 3.66. The fraction of sp³-hybridized carbons (Fsp3) is 0.571. The maximum Gasteiger partial charge on any atom is 0.227 e. The smallest absolute Gasteiger partial charge is 0.227 e. The summed E-state index contributed by atoms with van der Waals surface area (Å²) < 4.78 is 0. The zero-order valence-electron chi connectivity index (χ0n) is 16.6. The first-order chi connectivity index (χ1) is 12.3. The molecule has 1 amide bonds. The number of carbonyl (C=O) groups excluding carboxylic acids is 1. The molecule has 1 aromatic heterocycles. The molecule has 0 N–H and O–H groups in total. The highest BCUT2D eigenvalue weighted by atomic mass is 16.2. The molecule has 2 aromatic rings. The van der Waals surface area contributed by atoms with E-state index in [0.717, 1.165) is 55.0 Å². The van der Waals surface area contributed by atoms with Crippen molar-refractivity contribution < 1.29 is 4.79 Å². The van der Waals surface area contributed by atoms with E-state index in [1.807, 2.05) is 63.9 Å². The number of nitrogens with zero attached hydrogens (tertiary/aromatic N) is 4. The summed E-state index contributed by atoms with van der Waals surface area (Å²) >= 11 is 0. The Kier molecular flexibility index (Phi) is 5.17. The van der Waals surface area contributed by atoms with Crippen LogP contribution in [-0.4, -0.2) is 47.5 Å². The van der Waals surface area contributed by atoms with Gasteiger partial charge in [-0.1, -0.05) is 32.9 Å². The second kappa shape index (κ2) is 7.22. The van der Waals surface area contributed by atoms with E-state index in [1.165, 1.54) is 0 Å². The van der Waals surface area contributed by atoms with Crippen LogP contribution in [0.3, 0.4) is 0 Å². The Hall–Kier alpha value is -2.17. The minimum absolute atomic E-state index is 0.219. The third-order valence-corrected chi connectivity index (χ3v) is 5.15. The lowest BCUT2D eigenvalue weighted by molar-refractivity contribution is -0.138. The summed E-state index contributed by atoms with van der Waals surface area (Å²) in [6.07, 6.45) is 2.16. The van der Waals surface area contributed by atoms with Crippen molar-refractivity contribution in [1.29, 1.82) is 0 Å². The van der Waals surface area contributed by atoms with Gasteiger partial charge in [0, 0.05) is 32.1 Å². The van der Waals surface area contributed by atoms with Crippen molar-refractivity contribution in [2.45, 2.75) is 40.5 Å². The third kappa shape index (κ3) is 3.97. The van der Waals surface area contributed by atoms with Crippen LogP contribution in [0.5, 0.6) is 0 Å². The first-order valence-corrected chi connectivity index (χ1v) is 9.49. The fourth-order valence-electron chi connectivity index (χ4n) is 3.75. The monoisotopic (exact) mass is 354 g/mol. The van der Waals surface area contributed by atoms with Crippen LogP contribution < -0.4 is 4.90 Å². The van der Waals surface area contributed by atoms with Gasteiger partial charge in [0.15, 0.2) is 5.82 Å². The van der Waals surface area contributed by atoms with Crippen molar-refractivity contribution in [3.63, 3.8) is 0 Å². The van der Waals surface area contributed by atoms with Crippen molar-refractivity contribution in [2.24, 2.45) is 11.3 Å². The summed E-state index contributed by atoms with van der Waals surface area (Å²) in [6, 6.07) is 8.03. The predicted molar refractivity (Wildman–Crippen MR) is 106 cm³/mol. The molecule has 0 unspecified atom stereocenters. The molecule has 1 saturated heterocycles. The molecule has 140 valence electrons. The zero-order chi connectivity index (χ0) is 18.9. The van der Waals surface area contributed by atoms with E-state index in [1.54, 1.807) is 0 Å².